The number of nitrogens with one attached hydrogen (secondary N) is 3. The molecular formula is C20H28N6O2. The summed E-state index contributed by atoms with van der Waals surface area (Å²) in [7, 11) is 0. The van der Waals surface area contributed by atoms with Crippen LogP contribution in [0.1, 0.15) is 60.8 Å². The van der Waals surface area contributed by atoms with E-state index in [9.17, 15) is 9.59 Å². The third kappa shape index (κ3) is 4.67. The highest BCUT2D eigenvalue weighted by Gasteiger charge is 2.28. The van der Waals surface area contributed by atoms with Crippen LogP contribution in [0.3, 0.4) is 0 Å². The monoisotopic (exact) mass is 384 g/mol. The number of hydrogen-bond donors (Lipinski definition) is 3. The lowest BCUT2D eigenvalue weighted by molar-refractivity contribution is 0.0902. The molecule has 28 heavy (non-hydrogen) atoms. The second-order valence-electron chi connectivity index (χ2n) is 8.08. The van der Waals surface area contributed by atoms with Crippen LogP contribution in [0.2, 0.25) is 0 Å². The molecule has 0 spiro atoms. The molecule has 1 amide bonds. The Kier molecular flexibility index (Phi) is 5.85. The molecule has 1 aliphatic heterocycles. The molecular weight excluding hydrogens is 356 g/mol. The van der Waals surface area contributed by atoms with E-state index < -0.39 is 0 Å². The van der Waals surface area contributed by atoms with E-state index >= 15 is 0 Å². The molecule has 0 aromatic carbocycles. The van der Waals surface area contributed by atoms with Gasteiger partial charge in [0, 0.05) is 24.6 Å². The highest BCUT2D eigenvalue weighted by Crippen LogP contribution is 2.29. The van der Waals surface area contributed by atoms with E-state index in [1.165, 1.54) is 12.5 Å². The van der Waals surface area contributed by atoms with Crippen molar-refractivity contribution >= 4 is 5.91 Å². The zero-order valence-corrected chi connectivity index (χ0v) is 16.1. The summed E-state index contributed by atoms with van der Waals surface area (Å²) in [5, 5.41) is 10.1. The molecule has 4 rings (SSSR count). The molecule has 0 bridgehead atoms. The van der Waals surface area contributed by atoms with E-state index in [1.807, 2.05) is 0 Å². The number of pyridine rings is 1. The standard InChI is InChI=1S/C20H28N6O2/c27-18-6-2-5-17(24-18)20(28)23-16-4-1-3-14(11-16)12-26-9-7-15(8-10-26)19-21-13-22-25-19/h2,5-6,13-16H,1,3-4,7-12H2,(H,23,28)(H,24,27)(H,21,22,25)/t14-,16-/m1/s1. The number of aromatic nitrogens is 4. The lowest BCUT2D eigenvalue weighted by Crippen LogP contribution is -2.43. The fraction of sp³-hybridized carbons (Fsp3) is 0.600. The zero-order chi connectivity index (χ0) is 19.3. The first-order chi connectivity index (χ1) is 13.7. The molecule has 2 fully saturated rings. The summed E-state index contributed by atoms with van der Waals surface area (Å²) in [4.78, 5) is 33.3. The van der Waals surface area contributed by atoms with Crippen LogP contribution in [0.5, 0.6) is 0 Å². The van der Waals surface area contributed by atoms with Crippen molar-refractivity contribution in [1.29, 1.82) is 0 Å². The Morgan fingerprint density at radius 3 is 2.82 bits per heavy atom. The molecule has 0 unspecified atom stereocenters. The van der Waals surface area contributed by atoms with E-state index in [4.69, 9.17) is 0 Å². The summed E-state index contributed by atoms with van der Waals surface area (Å²) in [6.07, 6.45) is 8.18. The Morgan fingerprint density at radius 1 is 1.21 bits per heavy atom. The lowest BCUT2D eigenvalue weighted by atomic mass is 9.84. The number of amides is 1. The number of piperidine rings is 1. The van der Waals surface area contributed by atoms with Gasteiger partial charge in [0.1, 0.15) is 17.8 Å². The topological polar surface area (TPSA) is 107 Å². The van der Waals surface area contributed by atoms with Crippen LogP contribution < -0.4 is 10.9 Å². The number of aromatic amines is 2. The van der Waals surface area contributed by atoms with Gasteiger partial charge in [0.05, 0.1) is 0 Å². The smallest absolute Gasteiger partial charge is 0.268 e. The Hall–Kier alpha value is -2.48. The van der Waals surface area contributed by atoms with Crippen LogP contribution in [0.25, 0.3) is 0 Å². The van der Waals surface area contributed by atoms with Crippen LogP contribution in [0, 0.1) is 5.92 Å². The number of rotatable bonds is 5. The van der Waals surface area contributed by atoms with Crippen molar-refractivity contribution in [3.05, 3.63) is 46.4 Å². The molecule has 1 saturated carbocycles. The average molecular weight is 384 g/mol. The maximum atomic E-state index is 12.4. The first-order valence-corrected chi connectivity index (χ1v) is 10.2. The Balaban J connectivity index is 1.25. The van der Waals surface area contributed by atoms with Gasteiger partial charge in [0.25, 0.3) is 5.91 Å². The van der Waals surface area contributed by atoms with E-state index in [1.54, 1.807) is 18.5 Å². The molecule has 8 heteroatoms. The van der Waals surface area contributed by atoms with Crippen molar-refractivity contribution in [3.63, 3.8) is 0 Å². The molecule has 3 N–H and O–H groups in total. The van der Waals surface area contributed by atoms with E-state index in [2.05, 4.69) is 30.4 Å². The first kappa shape index (κ1) is 18.9. The number of likely N-dealkylation sites (tertiary alicyclic amines) is 1. The highest BCUT2D eigenvalue weighted by molar-refractivity contribution is 5.92. The minimum atomic E-state index is -0.247. The summed E-state index contributed by atoms with van der Waals surface area (Å²) in [6, 6.07) is 4.86. The molecule has 150 valence electrons. The first-order valence-electron chi connectivity index (χ1n) is 10.2. The molecule has 2 atom stereocenters. The number of nitrogens with zero attached hydrogens (tertiary/aromatic N) is 3. The maximum absolute atomic E-state index is 12.4. The van der Waals surface area contributed by atoms with Gasteiger partial charge in [-0.05, 0) is 57.2 Å². The largest absolute Gasteiger partial charge is 0.348 e. The molecule has 8 nitrogen and oxygen atoms in total. The van der Waals surface area contributed by atoms with Crippen LogP contribution in [0.15, 0.2) is 29.3 Å². The fourth-order valence-corrected chi connectivity index (χ4v) is 4.60. The molecule has 2 aromatic rings. The maximum Gasteiger partial charge on any atom is 0.268 e. The average Bonchev–Trinajstić information content (AvgIpc) is 3.24. The number of carbonyl (C=O) groups is 1. The highest BCUT2D eigenvalue weighted by atomic mass is 16.2. The predicted molar refractivity (Wildman–Crippen MR) is 105 cm³/mol. The molecule has 3 heterocycles. The van der Waals surface area contributed by atoms with Gasteiger partial charge in [-0.1, -0.05) is 12.5 Å². The molecule has 2 aromatic heterocycles. The summed E-state index contributed by atoms with van der Waals surface area (Å²) in [6.45, 7) is 3.27. The van der Waals surface area contributed by atoms with E-state index in [-0.39, 0.29) is 17.5 Å². The van der Waals surface area contributed by atoms with Crippen molar-refractivity contribution in [2.75, 3.05) is 19.6 Å². The SMILES string of the molecule is O=C(N[C@@H]1CCC[C@@H](CN2CCC(c3ncn[nH]3)CC2)C1)c1cccc(=O)[nH]1. The summed E-state index contributed by atoms with van der Waals surface area (Å²) in [5.74, 6) is 1.93. The third-order valence-electron chi connectivity index (χ3n) is 6.06. The zero-order valence-electron chi connectivity index (χ0n) is 16.1. The quantitative estimate of drug-likeness (QED) is 0.727. The number of carbonyl (C=O) groups excluding carboxylic acids is 1. The van der Waals surface area contributed by atoms with Crippen LogP contribution >= 0.6 is 0 Å². The van der Waals surface area contributed by atoms with Gasteiger partial charge in [-0.15, -0.1) is 0 Å². The molecule has 1 saturated heterocycles. The van der Waals surface area contributed by atoms with Gasteiger partial charge in [-0.3, -0.25) is 14.7 Å². The molecule has 1 aliphatic carbocycles. The second-order valence-corrected chi connectivity index (χ2v) is 8.08. The lowest BCUT2D eigenvalue weighted by Gasteiger charge is -2.36. The van der Waals surface area contributed by atoms with Crippen molar-refractivity contribution in [2.45, 2.75) is 50.5 Å². The predicted octanol–water partition coefficient (Wildman–Crippen LogP) is 1.66. The van der Waals surface area contributed by atoms with E-state index in [0.717, 1.165) is 57.6 Å². The van der Waals surface area contributed by atoms with Gasteiger partial charge in [-0.2, -0.15) is 5.10 Å². The molecule has 2 aliphatic rings. The fourth-order valence-electron chi connectivity index (χ4n) is 4.60. The van der Waals surface area contributed by atoms with Crippen LogP contribution in [-0.4, -0.2) is 56.6 Å². The number of H-pyrrole nitrogens is 2. The van der Waals surface area contributed by atoms with Crippen molar-refractivity contribution < 1.29 is 4.79 Å². The minimum absolute atomic E-state index is 0.182. The number of hydrogen-bond acceptors (Lipinski definition) is 5. The summed E-state index contributed by atoms with van der Waals surface area (Å²) >= 11 is 0. The van der Waals surface area contributed by atoms with Crippen molar-refractivity contribution in [1.82, 2.24) is 30.4 Å². The van der Waals surface area contributed by atoms with Gasteiger partial charge in [-0.25, -0.2) is 4.98 Å². The van der Waals surface area contributed by atoms with Crippen molar-refractivity contribution in [3.8, 4) is 0 Å². The third-order valence-corrected chi connectivity index (χ3v) is 6.06. The Bertz CT molecular complexity index is 825. The van der Waals surface area contributed by atoms with Crippen LogP contribution in [0.4, 0.5) is 0 Å². The second kappa shape index (κ2) is 8.68. The van der Waals surface area contributed by atoms with E-state index in [0.29, 0.717) is 17.5 Å². The minimum Gasteiger partial charge on any atom is -0.348 e. The summed E-state index contributed by atoms with van der Waals surface area (Å²) < 4.78 is 0. The van der Waals surface area contributed by atoms with Gasteiger partial charge >= 0.3 is 0 Å². The normalized spacial score (nSPS) is 24.1. The van der Waals surface area contributed by atoms with Crippen LogP contribution in [-0.2, 0) is 0 Å². The Morgan fingerprint density at radius 2 is 2.07 bits per heavy atom. The summed E-state index contributed by atoms with van der Waals surface area (Å²) in [5.41, 5.74) is 0.0898. The Labute approximate surface area is 164 Å². The van der Waals surface area contributed by atoms with Crippen molar-refractivity contribution in [2.24, 2.45) is 5.92 Å². The van der Waals surface area contributed by atoms with Gasteiger partial charge in [0.15, 0.2) is 0 Å². The molecule has 0 radical (unpaired) electrons. The van der Waals surface area contributed by atoms with Gasteiger partial charge in [0.2, 0.25) is 5.56 Å². The van der Waals surface area contributed by atoms with Gasteiger partial charge < -0.3 is 15.2 Å².